The molecule has 3 nitrogen and oxygen atoms in total. The molecule has 0 aliphatic rings. The standard InChI is InChI=1S/C12H14N2OS/c1-10(15)14-9-12(7-8-13)16-11-5-3-2-4-6-11/h2-6,12H,7,9H2,1H3,(H,14,15). The molecule has 1 atom stereocenters. The van der Waals surface area contributed by atoms with Crippen LogP contribution in [0.4, 0.5) is 0 Å². The molecule has 1 N–H and O–H groups in total. The molecule has 84 valence electrons. The van der Waals surface area contributed by atoms with Crippen LogP contribution in [0.1, 0.15) is 13.3 Å². The number of carbonyl (C=O) groups excluding carboxylic acids is 1. The first-order valence-corrected chi connectivity index (χ1v) is 5.93. The van der Waals surface area contributed by atoms with Crippen LogP contribution in [0.15, 0.2) is 35.2 Å². The second-order valence-electron chi connectivity index (χ2n) is 3.35. The molecule has 0 saturated carbocycles. The van der Waals surface area contributed by atoms with Gasteiger partial charge in [0.15, 0.2) is 0 Å². The number of carbonyl (C=O) groups is 1. The van der Waals surface area contributed by atoms with E-state index in [-0.39, 0.29) is 11.2 Å². The lowest BCUT2D eigenvalue weighted by Gasteiger charge is -2.13. The Labute approximate surface area is 99.8 Å². The third kappa shape index (κ3) is 4.85. The molecule has 0 radical (unpaired) electrons. The molecule has 0 aromatic heterocycles. The topological polar surface area (TPSA) is 52.9 Å². The maximum Gasteiger partial charge on any atom is 0.216 e. The van der Waals surface area contributed by atoms with Crippen LogP contribution in [-0.4, -0.2) is 17.7 Å². The van der Waals surface area contributed by atoms with Gasteiger partial charge >= 0.3 is 0 Å². The summed E-state index contributed by atoms with van der Waals surface area (Å²) in [4.78, 5) is 11.9. The highest BCUT2D eigenvalue weighted by atomic mass is 32.2. The molecule has 0 aliphatic carbocycles. The van der Waals surface area contributed by atoms with E-state index in [0.717, 1.165) is 4.90 Å². The van der Waals surface area contributed by atoms with E-state index in [4.69, 9.17) is 5.26 Å². The number of benzene rings is 1. The first kappa shape index (κ1) is 12.6. The van der Waals surface area contributed by atoms with Crippen molar-refractivity contribution in [3.63, 3.8) is 0 Å². The van der Waals surface area contributed by atoms with Crippen LogP contribution >= 0.6 is 11.8 Å². The molecule has 0 aliphatic heterocycles. The van der Waals surface area contributed by atoms with Crippen molar-refractivity contribution in [1.29, 1.82) is 5.26 Å². The molecule has 16 heavy (non-hydrogen) atoms. The molecule has 4 heteroatoms. The number of nitrogens with zero attached hydrogens (tertiary/aromatic N) is 1. The molecule has 1 unspecified atom stereocenters. The lowest BCUT2D eigenvalue weighted by atomic mass is 10.3. The summed E-state index contributed by atoms with van der Waals surface area (Å²) in [6.07, 6.45) is 0.430. The third-order valence-electron chi connectivity index (χ3n) is 1.94. The van der Waals surface area contributed by atoms with E-state index in [2.05, 4.69) is 11.4 Å². The average Bonchev–Trinajstić information content (AvgIpc) is 2.27. The highest BCUT2D eigenvalue weighted by Crippen LogP contribution is 2.24. The van der Waals surface area contributed by atoms with Gasteiger partial charge < -0.3 is 5.32 Å². The minimum atomic E-state index is -0.0587. The molecule has 1 amide bonds. The van der Waals surface area contributed by atoms with Gasteiger partial charge in [0.05, 0.1) is 6.07 Å². The van der Waals surface area contributed by atoms with Gasteiger partial charge in [-0.1, -0.05) is 18.2 Å². The average molecular weight is 234 g/mol. The highest BCUT2D eigenvalue weighted by molar-refractivity contribution is 8.00. The zero-order chi connectivity index (χ0) is 11.8. The first-order chi connectivity index (χ1) is 7.72. The maximum atomic E-state index is 10.8. The van der Waals surface area contributed by atoms with E-state index in [1.54, 1.807) is 11.8 Å². The Morgan fingerprint density at radius 3 is 2.75 bits per heavy atom. The number of nitrogens with one attached hydrogen (secondary N) is 1. The van der Waals surface area contributed by atoms with E-state index in [9.17, 15) is 4.79 Å². The van der Waals surface area contributed by atoms with E-state index in [0.29, 0.717) is 13.0 Å². The lowest BCUT2D eigenvalue weighted by molar-refractivity contribution is -0.118. The summed E-state index contributed by atoms with van der Waals surface area (Å²) in [5.74, 6) is -0.0587. The SMILES string of the molecule is CC(=O)NCC(CC#N)Sc1ccccc1. The second kappa shape index (κ2) is 6.91. The van der Waals surface area contributed by atoms with Crippen LogP contribution in [0, 0.1) is 11.3 Å². The van der Waals surface area contributed by atoms with Crippen LogP contribution in [0.3, 0.4) is 0 Å². The predicted molar refractivity (Wildman–Crippen MR) is 65.0 cm³/mol. The van der Waals surface area contributed by atoms with Gasteiger partial charge in [-0.15, -0.1) is 11.8 Å². The number of rotatable bonds is 5. The fourth-order valence-electron chi connectivity index (χ4n) is 1.21. The van der Waals surface area contributed by atoms with Gasteiger partial charge in [0.1, 0.15) is 0 Å². The van der Waals surface area contributed by atoms with E-state index < -0.39 is 0 Å². The fraction of sp³-hybridized carbons (Fsp3) is 0.333. The quantitative estimate of drug-likeness (QED) is 0.795. The summed E-state index contributed by atoms with van der Waals surface area (Å²) >= 11 is 1.62. The Hall–Kier alpha value is -1.47. The lowest BCUT2D eigenvalue weighted by Crippen LogP contribution is -2.28. The molecule has 0 saturated heterocycles. The van der Waals surface area contributed by atoms with Crippen molar-refractivity contribution >= 4 is 17.7 Å². The molecule has 1 aromatic carbocycles. The number of hydrogen-bond donors (Lipinski definition) is 1. The molecular weight excluding hydrogens is 220 g/mol. The molecule has 0 spiro atoms. The fourth-order valence-corrected chi connectivity index (χ4v) is 2.23. The zero-order valence-corrected chi connectivity index (χ0v) is 9.96. The molecule has 1 rings (SSSR count). The van der Waals surface area contributed by atoms with Crippen molar-refractivity contribution in [2.75, 3.05) is 6.54 Å². The minimum absolute atomic E-state index is 0.0587. The van der Waals surface area contributed by atoms with Crippen molar-refractivity contribution in [3.05, 3.63) is 30.3 Å². The molecule has 0 fully saturated rings. The normalized spacial score (nSPS) is 11.5. The van der Waals surface area contributed by atoms with Gasteiger partial charge in [-0.2, -0.15) is 5.26 Å². The molecule has 1 aromatic rings. The van der Waals surface area contributed by atoms with Gasteiger partial charge in [0, 0.05) is 30.0 Å². The summed E-state index contributed by atoms with van der Waals surface area (Å²) in [6.45, 7) is 2.01. The Kier molecular flexibility index (Phi) is 5.44. The third-order valence-corrected chi connectivity index (χ3v) is 3.15. The van der Waals surface area contributed by atoms with Crippen LogP contribution in [0.25, 0.3) is 0 Å². The second-order valence-corrected chi connectivity index (χ2v) is 4.73. The van der Waals surface area contributed by atoms with Gasteiger partial charge in [-0.25, -0.2) is 0 Å². The summed E-state index contributed by atoms with van der Waals surface area (Å²) in [7, 11) is 0. The van der Waals surface area contributed by atoms with Crippen LogP contribution in [0.2, 0.25) is 0 Å². The Bertz CT molecular complexity index is 372. The van der Waals surface area contributed by atoms with Crippen molar-refractivity contribution in [3.8, 4) is 6.07 Å². The summed E-state index contributed by atoms with van der Waals surface area (Å²) < 4.78 is 0. The summed E-state index contributed by atoms with van der Waals surface area (Å²) in [6, 6.07) is 12.0. The highest BCUT2D eigenvalue weighted by Gasteiger charge is 2.10. The van der Waals surface area contributed by atoms with Crippen LogP contribution in [0.5, 0.6) is 0 Å². The van der Waals surface area contributed by atoms with E-state index >= 15 is 0 Å². The van der Waals surface area contributed by atoms with Gasteiger partial charge in [0.25, 0.3) is 0 Å². The monoisotopic (exact) mass is 234 g/mol. The smallest absolute Gasteiger partial charge is 0.216 e. The van der Waals surface area contributed by atoms with Crippen molar-refractivity contribution in [2.24, 2.45) is 0 Å². The number of amides is 1. The van der Waals surface area contributed by atoms with Crippen molar-refractivity contribution in [2.45, 2.75) is 23.5 Å². The zero-order valence-electron chi connectivity index (χ0n) is 9.14. The maximum absolute atomic E-state index is 10.8. The molecule has 0 heterocycles. The minimum Gasteiger partial charge on any atom is -0.355 e. The van der Waals surface area contributed by atoms with Gasteiger partial charge in [-0.3, -0.25) is 4.79 Å². The molecular formula is C12H14N2OS. The summed E-state index contributed by atoms with van der Waals surface area (Å²) in [5.41, 5.74) is 0. The van der Waals surface area contributed by atoms with Gasteiger partial charge in [0.2, 0.25) is 5.91 Å². The van der Waals surface area contributed by atoms with Crippen LogP contribution < -0.4 is 5.32 Å². The number of hydrogen-bond acceptors (Lipinski definition) is 3. The predicted octanol–water partition coefficient (Wildman–Crippen LogP) is 2.20. The number of nitriles is 1. The van der Waals surface area contributed by atoms with Crippen molar-refractivity contribution in [1.82, 2.24) is 5.32 Å². The van der Waals surface area contributed by atoms with Crippen LogP contribution in [-0.2, 0) is 4.79 Å². The Morgan fingerprint density at radius 2 is 2.19 bits per heavy atom. The Morgan fingerprint density at radius 1 is 1.50 bits per heavy atom. The Balaban J connectivity index is 2.51. The summed E-state index contributed by atoms with van der Waals surface area (Å²) in [5, 5.41) is 11.6. The molecule has 0 bridgehead atoms. The van der Waals surface area contributed by atoms with Crippen molar-refractivity contribution < 1.29 is 4.79 Å². The van der Waals surface area contributed by atoms with E-state index in [1.807, 2.05) is 30.3 Å². The largest absolute Gasteiger partial charge is 0.355 e. The first-order valence-electron chi connectivity index (χ1n) is 5.05. The van der Waals surface area contributed by atoms with E-state index in [1.165, 1.54) is 6.92 Å². The number of thioether (sulfide) groups is 1. The van der Waals surface area contributed by atoms with Gasteiger partial charge in [-0.05, 0) is 12.1 Å².